The monoisotopic (exact) mass is 299 g/mol. The predicted octanol–water partition coefficient (Wildman–Crippen LogP) is -1.07. The zero-order valence-electron chi connectivity index (χ0n) is 12.3. The van der Waals surface area contributed by atoms with E-state index in [1.54, 1.807) is 18.7 Å². The summed E-state index contributed by atoms with van der Waals surface area (Å²) < 4.78 is 5.21. The minimum absolute atomic E-state index is 0.0441. The topological polar surface area (TPSA) is 99.2 Å². The van der Waals surface area contributed by atoms with E-state index in [-0.39, 0.29) is 37.4 Å². The summed E-state index contributed by atoms with van der Waals surface area (Å²) in [5.74, 6) is -0.524. The molecule has 1 unspecified atom stereocenters. The maximum Gasteiger partial charge on any atom is 0.325 e. The van der Waals surface area contributed by atoms with E-state index in [1.165, 1.54) is 0 Å². The second kappa shape index (κ2) is 5.98. The predicted molar refractivity (Wildman–Crippen MR) is 72.3 cm³/mol. The van der Waals surface area contributed by atoms with Crippen molar-refractivity contribution in [2.45, 2.75) is 31.8 Å². The van der Waals surface area contributed by atoms with Crippen molar-refractivity contribution in [1.82, 2.24) is 15.1 Å². The number of carbonyl (C=O) groups excluding carboxylic acids is 3. The molecule has 0 saturated carbocycles. The fourth-order valence-electron chi connectivity index (χ4n) is 2.51. The molecule has 1 atom stereocenters. The van der Waals surface area contributed by atoms with Gasteiger partial charge in [-0.05, 0) is 13.8 Å². The molecule has 118 valence electrons. The Bertz CT molecular complexity index is 451. The van der Waals surface area contributed by atoms with E-state index in [4.69, 9.17) is 4.74 Å². The maximum absolute atomic E-state index is 12.2. The smallest absolute Gasteiger partial charge is 0.325 e. The summed E-state index contributed by atoms with van der Waals surface area (Å²) in [4.78, 5) is 38.5. The number of aliphatic hydroxyl groups is 1. The largest absolute Gasteiger partial charge is 0.394 e. The van der Waals surface area contributed by atoms with Crippen LogP contribution in [0.4, 0.5) is 4.79 Å². The second-order valence-electron chi connectivity index (χ2n) is 5.76. The van der Waals surface area contributed by atoms with E-state index in [0.717, 1.165) is 4.90 Å². The fraction of sp³-hybridized carbons (Fsp3) is 0.769. The van der Waals surface area contributed by atoms with Crippen molar-refractivity contribution >= 4 is 17.8 Å². The Balaban J connectivity index is 1.92. The van der Waals surface area contributed by atoms with Crippen molar-refractivity contribution in [3.8, 4) is 0 Å². The Morgan fingerprint density at radius 2 is 2.19 bits per heavy atom. The van der Waals surface area contributed by atoms with Crippen molar-refractivity contribution in [1.29, 1.82) is 0 Å². The third-order valence-corrected chi connectivity index (χ3v) is 3.75. The molecule has 0 aliphatic carbocycles. The number of hydrogen-bond donors (Lipinski definition) is 2. The lowest BCUT2D eigenvalue weighted by atomic mass is 10.1. The second-order valence-corrected chi connectivity index (χ2v) is 5.76. The van der Waals surface area contributed by atoms with Crippen LogP contribution in [0.25, 0.3) is 0 Å². The number of ether oxygens (including phenoxy) is 1. The lowest BCUT2D eigenvalue weighted by Crippen LogP contribution is -2.51. The molecular formula is C13H21N3O5. The third-order valence-electron chi connectivity index (χ3n) is 3.75. The summed E-state index contributed by atoms with van der Waals surface area (Å²) >= 11 is 0. The number of hydrogen-bond acceptors (Lipinski definition) is 5. The first kappa shape index (κ1) is 15.7. The van der Waals surface area contributed by atoms with Crippen LogP contribution in [-0.4, -0.2) is 77.2 Å². The summed E-state index contributed by atoms with van der Waals surface area (Å²) in [6.07, 6.45) is 0.0474. The van der Waals surface area contributed by atoms with E-state index >= 15 is 0 Å². The van der Waals surface area contributed by atoms with Crippen LogP contribution in [0, 0.1) is 0 Å². The number of urea groups is 1. The number of imide groups is 1. The number of aliphatic hydroxyl groups excluding tert-OH is 1. The van der Waals surface area contributed by atoms with Gasteiger partial charge in [-0.1, -0.05) is 0 Å². The van der Waals surface area contributed by atoms with Gasteiger partial charge < -0.3 is 20.1 Å². The Kier molecular flexibility index (Phi) is 4.48. The summed E-state index contributed by atoms with van der Waals surface area (Å²) in [6, 6.07) is -0.829. The average Bonchev–Trinajstić information content (AvgIpc) is 2.65. The molecule has 0 radical (unpaired) electrons. The molecule has 0 bridgehead atoms. The molecule has 2 aliphatic heterocycles. The quantitative estimate of drug-likeness (QED) is 0.644. The summed E-state index contributed by atoms with van der Waals surface area (Å²) in [5.41, 5.74) is -0.924. The molecule has 0 aromatic carbocycles. The van der Waals surface area contributed by atoms with Crippen LogP contribution in [0.3, 0.4) is 0 Å². The highest BCUT2D eigenvalue weighted by Gasteiger charge is 2.44. The van der Waals surface area contributed by atoms with Crippen molar-refractivity contribution in [3.63, 3.8) is 0 Å². The highest BCUT2D eigenvalue weighted by Crippen LogP contribution is 2.17. The average molecular weight is 299 g/mol. The van der Waals surface area contributed by atoms with Crippen molar-refractivity contribution < 1.29 is 24.2 Å². The lowest BCUT2D eigenvalue weighted by molar-refractivity contribution is -0.142. The van der Waals surface area contributed by atoms with Crippen molar-refractivity contribution in [2.24, 2.45) is 0 Å². The van der Waals surface area contributed by atoms with Gasteiger partial charge >= 0.3 is 6.03 Å². The molecule has 2 rings (SSSR count). The Morgan fingerprint density at radius 3 is 2.76 bits per heavy atom. The van der Waals surface area contributed by atoms with E-state index in [2.05, 4.69) is 5.32 Å². The summed E-state index contributed by atoms with van der Waals surface area (Å²) in [7, 11) is 0. The maximum atomic E-state index is 12.2. The van der Waals surface area contributed by atoms with Gasteiger partial charge in [0.15, 0.2) is 0 Å². The SMILES string of the molecule is CC1(C)NC(=O)N(CCC(=O)N2CCOCC2CO)C1=O. The van der Waals surface area contributed by atoms with Crippen LogP contribution in [0.15, 0.2) is 0 Å². The number of carbonyl (C=O) groups is 3. The number of rotatable bonds is 4. The van der Waals surface area contributed by atoms with E-state index in [0.29, 0.717) is 19.8 Å². The molecule has 2 heterocycles. The Morgan fingerprint density at radius 1 is 1.48 bits per heavy atom. The van der Waals surface area contributed by atoms with Gasteiger partial charge in [-0.15, -0.1) is 0 Å². The first-order valence-corrected chi connectivity index (χ1v) is 6.99. The molecule has 2 N–H and O–H groups in total. The highest BCUT2D eigenvalue weighted by molar-refractivity contribution is 6.06. The van der Waals surface area contributed by atoms with Crippen LogP contribution < -0.4 is 5.32 Å². The first-order valence-electron chi connectivity index (χ1n) is 6.99. The number of morpholine rings is 1. The molecule has 8 heteroatoms. The van der Waals surface area contributed by atoms with Crippen LogP contribution in [0.1, 0.15) is 20.3 Å². The molecule has 0 spiro atoms. The molecule has 8 nitrogen and oxygen atoms in total. The number of nitrogens with zero attached hydrogens (tertiary/aromatic N) is 2. The van der Waals surface area contributed by atoms with Gasteiger partial charge in [0.25, 0.3) is 5.91 Å². The van der Waals surface area contributed by atoms with E-state index in [1.807, 2.05) is 0 Å². The number of nitrogens with one attached hydrogen (secondary N) is 1. The van der Waals surface area contributed by atoms with Gasteiger partial charge in [-0.3, -0.25) is 14.5 Å². The van der Waals surface area contributed by atoms with Crippen molar-refractivity contribution in [2.75, 3.05) is 32.9 Å². The molecule has 2 saturated heterocycles. The Labute approximate surface area is 123 Å². The first-order chi connectivity index (χ1) is 9.86. The lowest BCUT2D eigenvalue weighted by Gasteiger charge is -2.34. The molecule has 0 aromatic heterocycles. The summed E-state index contributed by atoms with van der Waals surface area (Å²) in [5, 5.41) is 11.8. The van der Waals surface area contributed by atoms with Gasteiger partial charge in [0, 0.05) is 19.5 Å². The molecule has 2 fully saturated rings. The minimum Gasteiger partial charge on any atom is -0.394 e. The van der Waals surface area contributed by atoms with Gasteiger partial charge in [0.2, 0.25) is 5.91 Å². The third kappa shape index (κ3) is 3.16. The van der Waals surface area contributed by atoms with Gasteiger partial charge in [0.05, 0.1) is 25.9 Å². The standard InChI is InChI=1S/C13H21N3O5/c1-13(2)11(19)16(12(20)14-13)4-3-10(18)15-5-6-21-8-9(15)7-17/h9,17H,3-8H2,1-2H3,(H,14,20). The van der Waals surface area contributed by atoms with Crippen LogP contribution >= 0.6 is 0 Å². The highest BCUT2D eigenvalue weighted by atomic mass is 16.5. The van der Waals surface area contributed by atoms with Crippen LogP contribution in [0.5, 0.6) is 0 Å². The molecule has 4 amide bonds. The molecule has 21 heavy (non-hydrogen) atoms. The van der Waals surface area contributed by atoms with Crippen molar-refractivity contribution in [3.05, 3.63) is 0 Å². The minimum atomic E-state index is -0.924. The fourth-order valence-corrected chi connectivity index (χ4v) is 2.51. The number of amides is 4. The van der Waals surface area contributed by atoms with E-state index < -0.39 is 11.6 Å². The Hall–Kier alpha value is -1.67. The normalized spacial score (nSPS) is 25.2. The molecule has 2 aliphatic rings. The van der Waals surface area contributed by atoms with E-state index in [9.17, 15) is 19.5 Å². The molecule has 0 aromatic rings. The van der Waals surface area contributed by atoms with Gasteiger partial charge in [-0.25, -0.2) is 4.79 Å². The summed E-state index contributed by atoms with van der Waals surface area (Å²) in [6.45, 7) is 4.27. The van der Waals surface area contributed by atoms with Crippen LogP contribution in [-0.2, 0) is 14.3 Å². The molecular weight excluding hydrogens is 278 g/mol. The zero-order chi connectivity index (χ0) is 15.6. The van der Waals surface area contributed by atoms with Crippen LogP contribution in [0.2, 0.25) is 0 Å². The van der Waals surface area contributed by atoms with Gasteiger partial charge in [-0.2, -0.15) is 0 Å². The van der Waals surface area contributed by atoms with Gasteiger partial charge in [0.1, 0.15) is 5.54 Å². The zero-order valence-corrected chi connectivity index (χ0v) is 12.3.